The lowest BCUT2D eigenvalue weighted by Gasteiger charge is -2.14. The van der Waals surface area contributed by atoms with Crippen LogP contribution in [-0.4, -0.2) is 21.2 Å². The van der Waals surface area contributed by atoms with Crippen LogP contribution in [0.25, 0.3) is 16.8 Å². The van der Waals surface area contributed by atoms with Crippen LogP contribution in [0.4, 0.5) is 16.2 Å². The summed E-state index contributed by atoms with van der Waals surface area (Å²) in [6.07, 6.45) is 1.50. The summed E-state index contributed by atoms with van der Waals surface area (Å²) < 4.78 is 0. The Morgan fingerprint density at radius 2 is 1.63 bits per heavy atom. The number of phenols is 1. The van der Waals surface area contributed by atoms with Crippen molar-refractivity contribution in [1.29, 1.82) is 0 Å². The van der Waals surface area contributed by atoms with Gasteiger partial charge >= 0.3 is 0 Å². The number of fused-ring (bicyclic) bond motifs is 1. The second kappa shape index (κ2) is 9.74. The van der Waals surface area contributed by atoms with Gasteiger partial charge in [-0.25, -0.2) is 0 Å². The number of aromatic hydroxyl groups is 1. The highest BCUT2D eigenvalue weighted by molar-refractivity contribution is 8.18. The fourth-order valence-corrected chi connectivity index (χ4v) is 4.77. The molecule has 0 unspecified atom stereocenters. The lowest BCUT2D eigenvalue weighted by atomic mass is 10.0. The van der Waals surface area contributed by atoms with E-state index in [9.17, 15) is 14.7 Å². The number of imide groups is 1. The van der Waals surface area contributed by atoms with E-state index in [0.717, 1.165) is 28.1 Å². The largest absolute Gasteiger partial charge is 0.507 e. The summed E-state index contributed by atoms with van der Waals surface area (Å²) in [5.41, 5.74) is 2.31. The molecule has 4 aromatic rings. The Kier molecular flexibility index (Phi) is 6.35. The van der Waals surface area contributed by atoms with Crippen molar-refractivity contribution in [1.82, 2.24) is 4.90 Å². The third kappa shape index (κ3) is 4.96. The lowest BCUT2D eigenvalue weighted by molar-refractivity contribution is -0.123. The molecule has 0 spiro atoms. The molecule has 0 aliphatic carbocycles. The summed E-state index contributed by atoms with van der Waals surface area (Å²) >= 11 is 6.82. The number of thioether (sulfide) groups is 1. The molecule has 1 N–H and O–H groups in total. The highest BCUT2D eigenvalue weighted by atomic mass is 35.5. The molecule has 1 saturated heterocycles. The molecule has 4 aromatic carbocycles. The van der Waals surface area contributed by atoms with E-state index in [-0.39, 0.29) is 22.4 Å². The minimum atomic E-state index is -0.404. The van der Waals surface area contributed by atoms with Crippen LogP contribution in [-0.2, 0) is 11.3 Å². The van der Waals surface area contributed by atoms with Crippen LogP contribution in [0.2, 0.25) is 5.02 Å². The molecule has 1 fully saturated rings. The second-order valence-electron chi connectivity index (χ2n) is 7.83. The number of carbonyl (C=O) groups excluding carboxylic acids is 2. The maximum absolute atomic E-state index is 13.1. The van der Waals surface area contributed by atoms with Crippen molar-refractivity contribution < 1.29 is 14.7 Å². The molecule has 1 heterocycles. The van der Waals surface area contributed by atoms with Crippen molar-refractivity contribution in [3.05, 3.63) is 106 Å². The molecule has 172 valence electrons. The van der Waals surface area contributed by atoms with Crippen LogP contribution in [0.3, 0.4) is 0 Å². The van der Waals surface area contributed by atoms with Crippen LogP contribution >= 0.6 is 23.4 Å². The van der Waals surface area contributed by atoms with Gasteiger partial charge in [-0.1, -0.05) is 60.1 Å². The molecule has 0 bridgehead atoms. The fraction of sp³-hybridized carbons (Fsp3) is 0.0370. The highest BCUT2D eigenvalue weighted by Gasteiger charge is 2.35. The average molecular weight is 500 g/mol. The van der Waals surface area contributed by atoms with Gasteiger partial charge in [0.2, 0.25) is 0 Å². The maximum Gasteiger partial charge on any atom is 0.293 e. The van der Waals surface area contributed by atoms with Gasteiger partial charge in [-0.05, 0) is 70.6 Å². The summed E-state index contributed by atoms with van der Waals surface area (Å²) in [4.78, 5) is 27.2. The first-order chi connectivity index (χ1) is 17.0. The van der Waals surface area contributed by atoms with Gasteiger partial charge in [0.1, 0.15) is 5.75 Å². The summed E-state index contributed by atoms with van der Waals surface area (Å²) in [6, 6.07) is 25.3. The topological polar surface area (TPSA) is 82.3 Å². The smallest absolute Gasteiger partial charge is 0.293 e. The van der Waals surface area contributed by atoms with E-state index >= 15 is 0 Å². The van der Waals surface area contributed by atoms with Crippen molar-refractivity contribution in [3.63, 3.8) is 0 Å². The zero-order valence-electron chi connectivity index (χ0n) is 18.3. The van der Waals surface area contributed by atoms with Crippen LogP contribution < -0.4 is 0 Å². The Balaban J connectivity index is 1.39. The van der Waals surface area contributed by atoms with Gasteiger partial charge < -0.3 is 5.11 Å². The van der Waals surface area contributed by atoms with E-state index in [1.807, 2.05) is 42.5 Å². The van der Waals surface area contributed by atoms with Crippen LogP contribution in [0, 0.1) is 0 Å². The van der Waals surface area contributed by atoms with Crippen molar-refractivity contribution in [2.45, 2.75) is 6.54 Å². The first-order valence-electron chi connectivity index (χ1n) is 10.7. The Morgan fingerprint density at radius 1 is 0.886 bits per heavy atom. The predicted octanol–water partition coefficient (Wildman–Crippen LogP) is 7.85. The van der Waals surface area contributed by atoms with Gasteiger partial charge in [-0.3, -0.25) is 14.5 Å². The molecule has 0 aromatic heterocycles. The summed E-state index contributed by atoms with van der Waals surface area (Å²) in [5.74, 6) is -0.439. The summed E-state index contributed by atoms with van der Waals surface area (Å²) in [5, 5.41) is 20.9. The molecular weight excluding hydrogens is 482 g/mol. The quantitative estimate of drug-likeness (QED) is 0.224. The Hall–Kier alpha value is -3.94. The van der Waals surface area contributed by atoms with Gasteiger partial charge in [0.15, 0.2) is 0 Å². The molecule has 0 atom stereocenters. The Morgan fingerprint density at radius 3 is 2.46 bits per heavy atom. The standard InChI is InChI=1S/C27H18ClN3O3S/c28-20-8-4-9-21(15-20)29-30-22-11-12-24(32)19(13-22)14-25-26(33)31(27(34)35-25)16-18-7-3-6-17-5-1-2-10-23(17)18/h1-15,32H,16H2/b25-14-,30-29?. The van der Waals surface area contributed by atoms with E-state index in [2.05, 4.69) is 10.2 Å². The van der Waals surface area contributed by atoms with Gasteiger partial charge in [0.05, 0.1) is 22.8 Å². The molecule has 0 radical (unpaired) electrons. The third-order valence-electron chi connectivity index (χ3n) is 5.47. The third-order valence-corrected chi connectivity index (χ3v) is 6.61. The molecular formula is C27H18ClN3O3S. The molecule has 1 aliphatic heterocycles. The van der Waals surface area contributed by atoms with Gasteiger partial charge in [-0.15, -0.1) is 0 Å². The van der Waals surface area contributed by atoms with E-state index in [1.54, 1.807) is 36.4 Å². The Labute approximate surface area is 210 Å². The molecule has 0 saturated carbocycles. The normalized spacial score (nSPS) is 15.1. The highest BCUT2D eigenvalue weighted by Crippen LogP contribution is 2.36. The molecule has 5 rings (SSSR count). The number of rotatable bonds is 5. The van der Waals surface area contributed by atoms with E-state index < -0.39 is 5.91 Å². The van der Waals surface area contributed by atoms with Gasteiger partial charge in [-0.2, -0.15) is 10.2 Å². The molecule has 1 aliphatic rings. The monoisotopic (exact) mass is 499 g/mol. The van der Waals surface area contributed by atoms with Crippen LogP contribution in [0.5, 0.6) is 5.75 Å². The number of carbonyl (C=O) groups is 2. The summed E-state index contributed by atoms with van der Waals surface area (Å²) in [7, 11) is 0. The van der Waals surface area contributed by atoms with Crippen molar-refractivity contribution in [3.8, 4) is 5.75 Å². The fourth-order valence-electron chi connectivity index (χ4n) is 3.75. The number of phenolic OH excluding ortho intramolecular Hbond substituents is 1. The van der Waals surface area contributed by atoms with Gasteiger partial charge in [0.25, 0.3) is 11.1 Å². The molecule has 8 heteroatoms. The van der Waals surface area contributed by atoms with Crippen molar-refractivity contribution in [2.24, 2.45) is 10.2 Å². The molecule has 35 heavy (non-hydrogen) atoms. The average Bonchev–Trinajstić information content (AvgIpc) is 3.12. The minimum absolute atomic E-state index is 0.0347. The molecule has 2 amide bonds. The number of hydrogen-bond acceptors (Lipinski definition) is 6. The molecule has 6 nitrogen and oxygen atoms in total. The zero-order valence-corrected chi connectivity index (χ0v) is 19.8. The van der Waals surface area contributed by atoms with Gasteiger partial charge in [0, 0.05) is 10.6 Å². The van der Waals surface area contributed by atoms with Crippen LogP contribution in [0.15, 0.2) is 100 Å². The minimum Gasteiger partial charge on any atom is -0.507 e. The maximum atomic E-state index is 13.1. The van der Waals surface area contributed by atoms with E-state index in [1.165, 1.54) is 17.0 Å². The van der Waals surface area contributed by atoms with E-state index in [0.29, 0.717) is 22.0 Å². The number of benzene rings is 4. The lowest BCUT2D eigenvalue weighted by Crippen LogP contribution is -2.27. The number of hydrogen-bond donors (Lipinski definition) is 1. The van der Waals surface area contributed by atoms with Crippen molar-refractivity contribution in [2.75, 3.05) is 0 Å². The Bertz CT molecular complexity index is 1530. The van der Waals surface area contributed by atoms with Crippen LogP contribution in [0.1, 0.15) is 11.1 Å². The number of azo groups is 1. The summed E-state index contributed by atoms with van der Waals surface area (Å²) in [6.45, 7) is 0.170. The first-order valence-corrected chi connectivity index (χ1v) is 11.9. The van der Waals surface area contributed by atoms with E-state index in [4.69, 9.17) is 11.6 Å². The second-order valence-corrected chi connectivity index (χ2v) is 9.26. The first kappa shape index (κ1) is 22.8. The number of nitrogens with zero attached hydrogens (tertiary/aromatic N) is 3. The predicted molar refractivity (Wildman–Crippen MR) is 139 cm³/mol. The van der Waals surface area contributed by atoms with Crippen molar-refractivity contribution >= 4 is 62.7 Å². The number of halogens is 1. The zero-order chi connectivity index (χ0) is 24.4. The SMILES string of the molecule is O=C1S/C(=C\c2cc(N=Nc3cccc(Cl)c3)ccc2O)C(=O)N1Cc1cccc2ccccc12. The number of amides is 2.